The molecule has 2 aliphatic heterocycles. The lowest BCUT2D eigenvalue weighted by molar-refractivity contribution is 1.32. The number of aromatic nitrogens is 3. The van der Waals surface area contributed by atoms with E-state index in [1.165, 1.54) is 4.70 Å². The zero-order valence-corrected chi connectivity index (χ0v) is 30.2. The second kappa shape index (κ2) is 13.3. The Labute approximate surface area is 315 Å². The molecule has 0 amide bonds. The first-order valence-electron chi connectivity index (χ1n) is 17.7. The van der Waals surface area contributed by atoms with E-state index in [0.29, 0.717) is 0 Å². The number of fused-ring (bicyclic) bond motifs is 11. The van der Waals surface area contributed by atoms with Crippen LogP contribution in [0.2, 0.25) is 0 Å². The van der Waals surface area contributed by atoms with Crippen LogP contribution in [0.4, 0.5) is 0 Å². The largest absolute Gasteiger partial charge is 0.353 e. The molecule has 8 aromatic rings. The quantitative estimate of drug-likeness (QED) is 0.197. The Balaban J connectivity index is 1.39. The Morgan fingerprint density at radius 3 is 1.04 bits per heavy atom. The van der Waals surface area contributed by atoms with Crippen LogP contribution in [0.25, 0.3) is 98.6 Å². The first-order chi connectivity index (χ1) is 26.3. The van der Waals surface area contributed by atoms with Gasteiger partial charge in [0.05, 0.1) is 28.3 Å². The summed E-state index contributed by atoms with van der Waals surface area (Å²) in [5.41, 5.74) is 14.9. The van der Waals surface area contributed by atoms with Crippen molar-refractivity contribution in [3.05, 3.63) is 181 Å². The molecule has 0 fully saturated rings. The van der Waals surface area contributed by atoms with Crippen molar-refractivity contribution in [2.75, 3.05) is 0 Å². The zero-order valence-electron chi connectivity index (χ0n) is 28.5. The molecule has 0 atom stereocenters. The number of nitrogens with one attached hydrogen (secondary N) is 1. The number of hydrogen-bond donors (Lipinski definition) is 1. The molecule has 5 heteroatoms. The van der Waals surface area contributed by atoms with Crippen LogP contribution >= 0.6 is 22.7 Å². The number of nitrogens with zero attached hydrogens (tertiary/aromatic N) is 2. The minimum absolute atomic E-state index is 0.915. The maximum atomic E-state index is 5.45. The Bertz CT molecular complexity index is 2920. The normalized spacial score (nSPS) is 12.0. The lowest BCUT2D eigenvalue weighted by atomic mass is 10.0. The van der Waals surface area contributed by atoms with Gasteiger partial charge in [0, 0.05) is 46.6 Å². The summed E-state index contributed by atoms with van der Waals surface area (Å²) in [4.78, 5) is 14.5. The molecule has 0 unspecified atom stereocenters. The van der Waals surface area contributed by atoms with Crippen LogP contribution in [0.1, 0.15) is 22.8 Å². The molecule has 3 nitrogen and oxygen atoms in total. The fraction of sp³-hybridized carbons (Fsp3) is 0. The van der Waals surface area contributed by atoms with E-state index in [9.17, 15) is 0 Å². The number of thiophene rings is 2. The van der Waals surface area contributed by atoms with Crippen LogP contribution in [-0.4, -0.2) is 15.0 Å². The summed E-state index contributed by atoms with van der Waals surface area (Å²) in [6.07, 6.45) is 8.64. The summed E-state index contributed by atoms with van der Waals surface area (Å²) in [6.45, 7) is 0. The summed E-state index contributed by atoms with van der Waals surface area (Å²) in [7, 11) is 0. The van der Waals surface area contributed by atoms with Crippen molar-refractivity contribution < 1.29 is 0 Å². The number of hydrogen-bond acceptors (Lipinski definition) is 4. The van der Waals surface area contributed by atoms with Crippen LogP contribution < -0.4 is 0 Å². The molecule has 1 N–H and O–H groups in total. The fourth-order valence-corrected chi connectivity index (χ4v) is 9.62. The molecule has 53 heavy (non-hydrogen) atoms. The van der Waals surface area contributed by atoms with Gasteiger partial charge < -0.3 is 4.98 Å². The van der Waals surface area contributed by atoms with E-state index in [0.717, 1.165) is 92.4 Å². The van der Waals surface area contributed by atoms with Crippen molar-refractivity contribution in [3.8, 4) is 44.5 Å². The van der Waals surface area contributed by atoms with Gasteiger partial charge in [0.25, 0.3) is 0 Å². The topological polar surface area (TPSA) is 41.6 Å². The standard InChI is InChI=1S/C48H31N3S2/c1-5-13-31(14-6-1)45-37-23-21-35(49-37)36-22-24-38(50-36)46(32-15-7-2-8-16-32)42-28-30-44(53-42)48(34-19-11-4-12-20-34)40-26-25-39(51-40)47(33-17-9-3-10-18-33)43-29-27-41(45)52-43/h1-30,49H. The van der Waals surface area contributed by atoms with E-state index < -0.39 is 0 Å². The summed E-state index contributed by atoms with van der Waals surface area (Å²) < 4.78 is 4.65. The van der Waals surface area contributed by atoms with E-state index >= 15 is 0 Å². The Morgan fingerprint density at radius 2 is 0.623 bits per heavy atom. The third-order valence-corrected chi connectivity index (χ3v) is 12.0. The van der Waals surface area contributed by atoms with Crippen LogP contribution in [0.5, 0.6) is 0 Å². The maximum Gasteiger partial charge on any atom is 0.0872 e. The molecular weight excluding hydrogens is 683 g/mol. The summed E-state index contributed by atoms with van der Waals surface area (Å²) in [5, 5.41) is 0. The van der Waals surface area contributed by atoms with Crippen molar-refractivity contribution in [2.45, 2.75) is 0 Å². The minimum Gasteiger partial charge on any atom is -0.353 e. The molecule has 0 saturated carbocycles. The molecular formula is C48H31N3S2. The third-order valence-electron chi connectivity index (χ3n) is 9.73. The molecule has 250 valence electrons. The Morgan fingerprint density at radius 1 is 0.302 bits per heavy atom. The highest BCUT2D eigenvalue weighted by Crippen LogP contribution is 2.42. The molecule has 0 aliphatic carbocycles. The maximum absolute atomic E-state index is 5.45. The molecule has 6 heterocycles. The van der Waals surface area contributed by atoms with E-state index in [2.05, 4.69) is 187 Å². The molecule has 0 saturated heterocycles. The average Bonchev–Trinajstić information content (AvgIpc) is 4.07. The molecule has 4 aromatic heterocycles. The van der Waals surface area contributed by atoms with Crippen molar-refractivity contribution in [1.82, 2.24) is 15.0 Å². The zero-order chi connectivity index (χ0) is 35.1. The third kappa shape index (κ3) is 5.77. The summed E-state index contributed by atoms with van der Waals surface area (Å²) >= 11 is 3.58. The SMILES string of the molecule is C1=Cc2nc1c(-c1ccccc1)c1ccc(s1)c(-c1ccccc1)c1nc(c3ccc([nH]3)c(-c3ccccc3)c3ccc(s3)c2-c2ccccc2)C=C1. The van der Waals surface area contributed by atoms with Crippen molar-refractivity contribution in [3.63, 3.8) is 0 Å². The highest BCUT2D eigenvalue weighted by Gasteiger charge is 2.18. The number of benzene rings is 4. The van der Waals surface area contributed by atoms with Crippen LogP contribution in [0, 0.1) is 0 Å². The van der Waals surface area contributed by atoms with Crippen molar-refractivity contribution in [1.29, 1.82) is 0 Å². The van der Waals surface area contributed by atoms with E-state index in [1.54, 1.807) is 22.7 Å². The average molecular weight is 714 g/mol. The van der Waals surface area contributed by atoms with Gasteiger partial charge in [-0.25, -0.2) is 9.97 Å². The molecule has 0 radical (unpaired) electrons. The smallest absolute Gasteiger partial charge is 0.0872 e. The highest BCUT2D eigenvalue weighted by atomic mass is 32.1. The number of H-pyrrole nitrogens is 1. The highest BCUT2D eigenvalue weighted by molar-refractivity contribution is 7.24. The molecule has 4 aromatic carbocycles. The van der Waals surface area contributed by atoms with Gasteiger partial charge in [-0.05, 0) is 83.0 Å². The molecule has 0 spiro atoms. The first kappa shape index (κ1) is 31.3. The van der Waals surface area contributed by atoms with Gasteiger partial charge in [0.1, 0.15) is 0 Å². The van der Waals surface area contributed by atoms with Gasteiger partial charge in [-0.15, -0.1) is 22.7 Å². The second-order valence-electron chi connectivity index (χ2n) is 13.0. The second-order valence-corrected chi connectivity index (χ2v) is 15.2. The lowest BCUT2D eigenvalue weighted by Crippen LogP contribution is -1.85. The van der Waals surface area contributed by atoms with E-state index in [4.69, 9.17) is 9.97 Å². The van der Waals surface area contributed by atoms with Gasteiger partial charge >= 0.3 is 0 Å². The predicted molar refractivity (Wildman–Crippen MR) is 228 cm³/mol. The van der Waals surface area contributed by atoms with Gasteiger partial charge in [-0.3, -0.25) is 0 Å². The fourth-order valence-electron chi connectivity index (χ4n) is 7.29. The van der Waals surface area contributed by atoms with Crippen LogP contribution in [-0.2, 0) is 0 Å². The molecule has 10 rings (SSSR count). The monoisotopic (exact) mass is 713 g/mol. The Kier molecular flexibility index (Phi) is 7.86. The van der Waals surface area contributed by atoms with Gasteiger partial charge in [-0.1, -0.05) is 121 Å². The van der Waals surface area contributed by atoms with Gasteiger partial charge in [-0.2, -0.15) is 0 Å². The Hall–Kier alpha value is -6.40. The van der Waals surface area contributed by atoms with Crippen molar-refractivity contribution >= 4 is 76.8 Å². The number of aromatic amines is 1. The van der Waals surface area contributed by atoms with Gasteiger partial charge in [0.2, 0.25) is 0 Å². The van der Waals surface area contributed by atoms with Crippen molar-refractivity contribution in [2.24, 2.45) is 0 Å². The van der Waals surface area contributed by atoms with E-state index in [1.807, 2.05) is 0 Å². The van der Waals surface area contributed by atoms with E-state index in [-0.39, 0.29) is 0 Å². The van der Waals surface area contributed by atoms with Crippen LogP contribution in [0.15, 0.2) is 158 Å². The molecule has 2 aliphatic rings. The van der Waals surface area contributed by atoms with Crippen LogP contribution in [0.3, 0.4) is 0 Å². The molecule has 10 bridgehead atoms. The lowest BCUT2D eigenvalue weighted by Gasteiger charge is -2.05. The summed E-state index contributed by atoms with van der Waals surface area (Å²) in [5.74, 6) is 0. The van der Waals surface area contributed by atoms with Gasteiger partial charge in [0.15, 0.2) is 0 Å². The minimum atomic E-state index is 0.915. The first-order valence-corrected chi connectivity index (χ1v) is 19.3. The predicted octanol–water partition coefficient (Wildman–Crippen LogP) is 13.8. The summed E-state index contributed by atoms with van der Waals surface area (Å²) in [6, 6.07) is 55.9. The number of rotatable bonds is 4.